The second kappa shape index (κ2) is 10.3. The Kier molecular flexibility index (Phi) is 8.05. The van der Waals surface area contributed by atoms with Gasteiger partial charge in [-0.2, -0.15) is 16.4 Å². The topological polar surface area (TPSA) is 112 Å². The summed E-state index contributed by atoms with van der Waals surface area (Å²) in [7, 11) is -1.26. The van der Waals surface area contributed by atoms with E-state index >= 15 is 0 Å². The van der Waals surface area contributed by atoms with Crippen LogP contribution < -0.4 is 16.0 Å². The summed E-state index contributed by atoms with van der Waals surface area (Å²) >= 11 is 1.91. The van der Waals surface area contributed by atoms with Gasteiger partial charge in [0.25, 0.3) is 0 Å². The van der Waals surface area contributed by atoms with E-state index in [1.54, 1.807) is 7.05 Å². The zero-order valence-corrected chi connectivity index (χ0v) is 18.1. The van der Waals surface area contributed by atoms with Crippen LogP contribution in [-0.4, -0.2) is 60.1 Å². The fraction of sp³-hybridized carbons (Fsp3) is 0.882. The monoisotopic (exact) mass is 434 g/mol. The van der Waals surface area contributed by atoms with Gasteiger partial charge in [0.05, 0.1) is 18.7 Å². The van der Waals surface area contributed by atoms with Gasteiger partial charge < -0.3 is 16.0 Å². The van der Waals surface area contributed by atoms with Crippen molar-refractivity contribution in [3.8, 4) is 0 Å². The van der Waals surface area contributed by atoms with Crippen molar-refractivity contribution >= 4 is 31.4 Å². The van der Waals surface area contributed by atoms with Crippen molar-refractivity contribution in [1.82, 2.24) is 20.8 Å². The molecule has 5 unspecified atom stereocenters. The second-order valence-corrected chi connectivity index (χ2v) is 10.7. The Hall–Kier alpha value is -0.800. The van der Waals surface area contributed by atoms with Crippen molar-refractivity contribution in [2.75, 3.05) is 26.0 Å². The Morgan fingerprint density at radius 1 is 1.29 bits per heavy atom. The van der Waals surface area contributed by atoms with E-state index in [4.69, 9.17) is 9.15 Å². The van der Waals surface area contributed by atoms with E-state index in [9.17, 15) is 14.2 Å². The van der Waals surface area contributed by atoms with Crippen molar-refractivity contribution in [2.24, 2.45) is 0 Å². The van der Waals surface area contributed by atoms with E-state index in [-0.39, 0.29) is 24.0 Å². The lowest BCUT2D eigenvalue weighted by Crippen LogP contribution is -2.36. The minimum absolute atomic E-state index is 0.0486. The SMILES string of the molecule is CN1OP1(=O)OCCCCCCNC(=O)CCCCC1SCC2NC(=O)NC21. The molecule has 11 heteroatoms. The Bertz CT molecular complexity index is 610. The van der Waals surface area contributed by atoms with Gasteiger partial charge in [0, 0.05) is 31.0 Å². The maximum Gasteiger partial charge on any atom is 0.448 e. The lowest BCUT2D eigenvalue weighted by Gasteiger charge is -2.16. The summed E-state index contributed by atoms with van der Waals surface area (Å²) in [5, 5.41) is 9.38. The molecule has 3 aliphatic rings. The molecule has 9 nitrogen and oxygen atoms in total. The highest BCUT2D eigenvalue weighted by atomic mass is 32.2. The summed E-state index contributed by atoms with van der Waals surface area (Å²) in [5.74, 6) is 1.09. The van der Waals surface area contributed by atoms with E-state index in [2.05, 4.69) is 16.0 Å². The first-order valence-electron chi connectivity index (χ1n) is 10.1. The normalized spacial score (nSPS) is 33.2. The fourth-order valence-electron chi connectivity index (χ4n) is 3.59. The summed E-state index contributed by atoms with van der Waals surface area (Å²) in [6, 6.07) is 0.465. The van der Waals surface area contributed by atoms with Crippen LogP contribution in [-0.2, 0) is 18.5 Å². The number of carbonyl (C=O) groups is 2. The molecule has 28 heavy (non-hydrogen) atoms. The third-order valence-electron chi connectivity index (χ3n) is 5.27. The molecule has 160 valence electrons. The minimum Gasteiger partial charge on any atom is -0.356 e. The smallest absolute Gasteiger partial charge is 0.356 e. The van der Waals surface area contributed by atoms with Crippen LogP contribution in [0.1, 0.15) is 51.4 Å². The van der Waals surface area contributed by atoms with Gasteiger partial charge in [0.2, 0.25) is 5.91 Å². The van der Waals surface area contributed by atoms with Gasteiger partial charge in [0.1, 0.15) is 0 Å². The molecule has 3 N–H and O–H groups in total. The van der Waals surface area contributed by atoms with Crippen LogP contribution in [0.4, 0.5) is 4.79 Å². The molecule has 0 aromatic carbocycles. The van der Waals surface area contributed by atoms with E-state index < -0.39 is 7.75 Å². The molecule has 0 radical (unpaired) electrons. The molecular weight excluding hydrogens is 403 g/mol. The largest absolute Gasteiger partial charge is 0.448 e. The zero-order valence-electron chi connectivity index (χ0n) is 16.4. The van der Waals surface area contributed by atoms with E-state index in [1.165, 1.54) is 4.83 Å². The van der Waals surface area contributed by atoms with Gasteiger partial charge in [0.15, 0.2) is 0 Å². The number of carbonyl (C=O) groups excluding carboxylic acids is 2. The Balaban J connectivity index is 1.11. The lowest BCUT2D eigenvalue weighted by atomic mass is 10.0. The molecule has 0 saturated carbocycles. The highest BCUT2D eigenvalue weighted by molar-refractivity contribution is 8.00. The van der Waals surface area contributed by atoms with Gasteiger partial charge in [-0.25, -0.2) is 9.36 Å². The molecule has 0 bridgehead atoms. The van der Waals surface area contributed by atoms with Gasteiger partial charge in [-0.1, -0.05) is 24.1 Å². The number of nitrogens with zero attached hydrogens (tertiary/aromatic N) is 1. The van der Waals surface area contributed by atoms with E-state index in [0.29, 0.717) is 24.8 Å². The zero-order chi connectivity index (χ0) is 20.0. The predicted molar refractivity (Wildman–Crippen MR) is 108 cm³/mol. The van der Waals surface area contributed by atoms with Crippen LogP contribution in [0.15, 0.2) is 0 Å². The quantitative estimate of drug-likeness (QED) is 0.177. The van der Waals surface area contributed by atoms with Gasteiger partial charge in [-0.15, -0.1) is 0 Å². The number of hydroxylamine groups is 1. The van der Waals surface area contributed by atoms with E-state index in [0.717, 1.165) is 50.7 Å². The van der Waals surface area contributed by atoms with Crippen LogP contribution in [0.3, 0.4) is 0 Å². The third-order valence-corrected chi connectivity index (χ3v) is 8.37. The summed E-state index contributed by atoms with van der Waals surface area (Å²) < 4.78 is 21.5. The summed E-state index contributed by atoms with van der Waals surface area (Å²) in [5.41, 5.74) is 0. The molecule has 3 aliphatic heterocycles. The molecule has 5 atom stereocenters. The van der Waals surface area contributed by atoms with Crippen LogP contribution in [0.25, 0.3) is 0 Å². The second-order valence-electron chi connectivity index (χ2n) is 7.48. The van der Waals surface area contributed by atoms with Crippen molar-refractivity contribution in [3.05, 3.63) is 0 Å². The maximum absolute atomic E-state index is 11.9. The standard InChI is InChI=1S/C17H31N4O5PS/c1-21-26-27(21,24)25-11-7-3-2-6-10-18-15(22)9-5-4-8-14-16-13(12-28-14)19-17(23)20-16/h13-14,16H,2-12H2,1H3,(H,18,22)(H2,19,20,23). The number of unbranched alkanes of at least 4 members (excludes halogenated alkanes) is 4. The number of fused-ring (bicyclic) bond motifs is 1. The molecule has 3 fully saturated rings. The third kappa shape index (κ3) is 6.35. The van der Waals surface area contributed by atoms with Crippen molar-refractivity contribution in [2.45, 2.75) is 68.7 Å². The number of urea groups is 1. The molecule has 3 amide bonds. The van der Waals surface area contributed by atoms with Crippen molar-refractivity contribution in [1.29, 1.82) is 0 Å². The predicted octanol–water partition coefficient (Wildman–Crippen LogP) is 2.39. The first kappa shape index (κ1) is 21.9. The molecule has 3 rings (SSSR count). The Morgan fingerprint density at radius 3 is 2.86 bits per heavy atom. The molecule has 0 aromatic rings. The van der Waals surface area contributed by atoms with Crippen LogP contribution in [0.5, 0.6) is 0 Å². The Morgan fingerprint density at radius 2 is 2.07 bits per heavy atom. The molecule has 3 saturated heterocycles. The summed E-state index contributed by atoms with van der Waals surface area (Å²) in [4.78, 5) is 24.5. The lowest BCUT2D eigenvalue weighted by molar-refractivity contribution is -0.121. The number of nitrogens with one attached hydrogen (secondary N) is 3. The van der Waals surface area contributed by atoms with Crippen molar-refractivity contribution < 1.29 is 23.3 Å². The van der Waals surface area contributed by atoms with Gasteiger partial charge in [-0.3, -0.25) is 9.32 Å². The molecular formula is C17H31N4O5PS. The van der Waals surface area contributed by atoms with E-state index in [1.807, 2.05) is 11.8 Å². The minimum atomic E-state index is -2.86. The fourth-order valence-corrected chi connectivity index (χ4v) is 6.15. The average Bonchev–Trinajstić information content (AvgIpc) is 2.95. The number of amides is 3. The summed E-state index contributed by atoms with van der Waals surface area (Å²) in [6.07, 6.45) is 7.25. The highest BCUT2D eigenvalue weighted by Gasteiger charge is 2.50. The summed E-state index contributed by atoms with van der Waals surface area (Å²) in [6.45, 7) is 1.14. The van der Waals surface area contributed by atoms with Crippen LogP contribution in [0.2, 0.25) is 0 Å². The highest BCUT2D eigenvalue weighted by Crippen LogP contribution is 2.67. The number of hydrogen-bond donors (Lipinski definition) is 3. The van der Waals surface area contributed by atoms with Crippen molar-refractivity contribution in [3.63, 3.8) is 0 Å². The first-order chi connectivity index (χ1) is 13.5. The molecule has 0 aliphatic carbocycles. The van der Waals surface area contributed by atoms with Gasteiger partial charge >= 0.3 is 13.8 Å². The van der Waals surface area contributed by atoms with Crippen LogP contribution >= 0.6 is 19.5 Å². The molecule has 0 aromatic heterocycles. The molecule has 3 heterocycles. The first-order valence-corrected chi connectivity index (χ1v) is 12.7. The number of thioether (sulfide) groups is 1. The van der Waals surface area contributed by atoms with Gasteiger partial charge in [-0.05, 0) is 25.7 Å². The maximum atomic E-state index is 11.9. The Labute approximate surface area is 170 Å². The average molecular weight is 434 g/mol. The van der Waals surface area contributed by atoms with Crippen LogP contribution in [0, 0.1) is 0 Å². The molecule has 0 spiro atoms. The number of rotatable bonds is 13. The number of hydrogen-bond acceptors (Lipinski definition) is 6.